The van der Waals surface area contributed by atoms with E-state index in [2.05, 4.69) is 93.0 Å². The quantitative estimate of drug-likeness (QED) is 0.301. The normalized spacial score (nSPS) is 11.6. The minimum atomic E-state index is 0.728. The van der Waals surface area contributed by atoms with Crippen molar-refractivity contribution in [1.29, 1.82) is 0 Å². The molecule has 0 spiro atoms. The maximum atomic E-state index is 6.35. The van der Waals surface area contributed by atoms with Crippen LogP contribution in [-0.4, -0.2) is 29.5 Å². The monoisotopic (exact) mass is 406 g/mol. The maximum absolute atomic E-state index is 6.35. The Balaban J connectivity index is 1.93. The SMILES string of the molecule is C=CNCCN(CC/C=C(/C)N(N)Cc1cc(C)ccc1C)Cc1ccc(C)cc1. The van der Waals surface area contributed by atoms with Gasteiger partial charge in [0.05, 0.1) is 6.54 Å². The Labute approximate surface area is 183 Å². The first-order chi connectivity index (χ1) is 14.4. The number of nitrogens with zero attached hydrogens (tertiary/aromatic N) is 2. The van der Waals surface area contributed by atoms with Crippen molar-refractivity contribution in [1.82, 2.24) is 15.2 Å². The number of nitrogens with one attached hydrogen (secondary N) is 1. The van der Waals surface area contributed by atoms with Crippen LogP contribution in [0.25, 0.3) is 0 Å². The molecule has 0 aromatic heterocycles. The van der Waals surface area contributed by atoms with Gasteiger partial charge in [0.15, 0.2) is 0 Å². The van der Waals surface area contributed by atoms with Crippen molar-refractivity contribution in [3.63, 3.8) is 0 Å². The lowest BCUT2D eigenvalue weighted by Gasteiger charge is -2.23. The molecule has 2 aromatic carbocycles. The second-order valence-corrected chi connectivity index (χ2v) is 8.11. The summed E-state index contributed by atoms with van der Waals surface area (Å²) in [6, 6.07) is 15.3. The van der Waals surface area contributed by atoms with E-state index in [4.69, 9.17) is 5.84 Å². The largest absolute Gasteiger partial charge is 0.390 e. The highest BCUT2D eigenvalue weighted by Gasteiger charge is 2.07. The lowest BCUT2D eigenvalue weighted by molar-refractivity contribution is 0.272. The lowest BCUT2D eigenvalue weighted by Crippen LogP contribution is -2.31. The molecule has 0 aliphatic carbocycles. The molecular weight excluding hydrogens is 368 g/mol. The van der Waals surface area contributed by atoms with Crippen LogP contribution in [0.15, 0.2) is 67.0 Å². The van der Waals surface area contributed by atoms with Gasteiger partial charge in [0, 0.05) is 31.9 Å². The maximum Gasteiger partial charge on any atom is 0.0591 e. The van der Waals surface area contributed by atoms with E-state index in [0.717, 1.165) is 44.8 Å². The van der Waals surface area contributed by atoms with E-state index < -0.39 is 0 Å². The van der Waals surface area contributed by atoms with Crippen LogP contribution in [0, 0.1) is 20.8 Å². The zero-order chi connectivity index (χ0) is 21.9. The number of hydrogen-bond donors (Lipinski definition) is 2. The van der Waals surface area contributed by atoms with Crippen LogP contribution < -0.4 is 11.2 Å². The van der Waals surface area contributed by atoms with E-state index in [0.29, 0.717) is 0 Å². The molecule has 0 saturated carbocycles. The molecule has 0 aliphatic heterocycles. The van der Waals surface area contributed by atoms with Gasteiger partial charge < -0.3 is 10.3 Å². The van der Waals surface area contributed by atoms with Crippen LogP contribution in [-0.2, 0) is 13.1 Å². The topological polar surface area (TPSA) is 44.5 Å². The van der Waals surface area contributed by atoms with E-state index in [1.807, 2.05) is 5.01 Å². The average molecular weight is 407 g/mol. The highest BCUT2D eigenvalue weighted by atomic mass is 15.4. The third-order valence-electron chi connectivity index (χ3n) is 5.43. The summed E-state index contributed by atoms with van der Waals surface area (Å²) < 4.78 is 0. The van der Waals surface area contributed by atoms with Gasteiger partial charge in [-0.05, 0) is 57.0 Å². The van der Waals surface area contributed by atoms with E-state index in [-0.39, 0.29) is 0 Å². The molecule has 0 unspecified atom stereocenters. The van der Waals surface area contributed by atoms with E-state index in [9.17, 15) is 0 Å². The molecule has 3 N–H and O–H groups in total. The van der Waals surface area contributed by atoms with Crippen molar-refractivity contribution in [2.24, 2.45) is 5.84 Å². The highest BCUT2D eigenvalue weighted by molar-refractivity contribution is 5.30. The summed E-state index contributed by atoms with van der Waals surface area (Å²) in [5.41, 5.74) is 7.57. The molecule has 162 valence electrons. The third kappa shape index (κ3) is 8.05. The minimum absolute atomic E-state index is 0.728. The molecular formula is C26H38N4. The molecule has 2 rings (SSSR count). The van der Waals surface area contributed by atoms with Crippen LogP contribution in [0.2, 0.25) is 0 Å². The van der Waals surface area contributed by atoms with Gasteiger partial charge in [-0.25, -0.2) is 5.84 Å². The van der Waals surface area contributed by atoms with E-state index in [1.54, 1.807) is 6.20 Å². The summed E-state index contributed by atoms with van der Waals surface area (Å²) in [4.78, 5) is 2.47. The van der Waals surface area contributed by atoms with Gasteiger partial charge in [-0.3, -0.25) is 4.90 Å². The minimum Gasteiger partial charge on any atom is -0.390 e. The fraction of sp³-hybridized carbons (Fsp3) is 0.385. The van der Waals surface area contributed by atoms with Crippen molar-refractivity contribution in [2.75, 3.05) is 19.6 Å². The smallest absolute Gasteiger partial charge is 0.0591 e. The van der Waals surface area contributed by atoms with Crippen molar-refractivity contribution in [2.45, 2.75) is 47.2 Å². The number of hydrazine groups is 1. The zero-order valence-electron chi connectivity index (χ0n) is 19.1. The molecule has 4 nitrogen and oxygen atoms in total. The Bertz CT molecular complexity index is 823. The fourth-order valence-corrected chi connectivity index (χ4v) is 3.40. The standard InChI is InChI=1S/C26H38N4/c1-6-28-15-17-29(19-25-13-10-21(2)11-14-25)16-7-8-24(5)30(27)20-26-18-22(3)9-12-23(26)4/h6,8-14,18,28H,1,7,15-17,19-20,27H2,2-5H3/b24-8-. The third-order valence-corrected chi connectivity index (χ3v) is 5.43. The molecule has 0 radical (unpaired) electrons. The number of rotatable bonds is 12. The molecule has 2 aromatic rings. The first-order valence-electron chi connectivity index (χ1n) is 10.8. The second-order valence-electron chi connectivity index (χ2n) is 8.11. The molecule has 0 atom stereocenters. The van der Waals surface area contributed by atoms with E-state index >= 15 is 0 Å². The van der Waals surface area contributed by atoms with Gasteiger partial charge in [0.1, 0.15) is 0 Å². The molecule has 0 bridgehead atoms. The van der Waals surface area contributed by atoms with Crippen molar-refractivity contribution in [3.8, 4) is 0 Å². The Morgan fingerprint density at radius 3 is 2.40 bits per heavy atom. The second kappa shape index (κ2) is 12.2. The van der Waals surface area contributed by atoms with E-state index in [1.165, 1.54) is 27.8 Å². The number of nitrogens with two attached hydrogens (primary N) is 1. The van der Waals surface area contributed by atoms with Crippen molar-refractivity contribution >= 4 is 0 Å². The van der Waals surface area contributed by atoms with Crippen LogP contribution in [0.5, 0.6) is 0 Å². The van der Waals surface area contributed by atoms with Gasteiger partial charge in [0.2, 0.25) is 0 Å². The summed E-state index contributed by atoms with van der Waals surface area (Å²) in [5.74, 6) is 6.35. The Morgan fingerprint density at radius 2 is 1.70 bits per heavy atom. The summed E-state index contributed by atoms with van der Waals surface area (Å²) in [6.07, 6.45) is 4.97. The lowest BCUT2D eigenvalue weighted by atomic mass is 10.1. The van der Waals surface area contributed by atoms with Crippen molar-refractivity contribution in [3.05, 3.63) is 94.8 Å². The molecule has 0 amide bonds. The van der Waals surface area contributed by atoms with Crippen LogP contribution in [0.1, 0.15) is 41.2 Å². The van der Waals surface area contributed by atoms with Gasteiger partial charge in [0.25, 0.3) is 0 Å². The average Bonchev–Trinajstić information content (AvgIpc) is 2.72. The first kappa shape index (κ1) is 23.7. The molecule has 0 fully saturated rings. The summed E-state index contributed by atoms with van der Waals surface area (Å²) in [5, 5.41) is 5.06. The number of aryl methyl sites for hydroxylation is 3. The molecule has 0 aliphatic rings. The summed E-state index contributed by atoms with van der Waals surface area (Å²) in [7, 11) is 0. The highest BCUT2D eigenvalue weighted by Crippen LogP contribution is 2.14. The zero-order valence-corrected chi connectivity index (χ0v) is 19.1. The van der Waals surface area contributed by atoms with Gasteiger partial charge in [-0.2, -0.15) is 0 Å². The fourth-order valence-electron chi connectivity index (χ4n) is 3.40. The van der Waals surface area contributed by atoms with Crippen molar-refractivity contribution < 1.29 is 0 Å². The van der Waals surface area contributed by atoms with Crippen LogP contribution in [0.4, 0.5) is 0 Å². The predicted molar refractivity (Wildman–Crippen MR) is 129 cm³/mol. The van der Waals surface area contributed by atoms with Gasteiger partial charge in [-0.15, -0.1) is 0 Å². The summed E-state index contributed by atoms with van der Waals surface area (Å²) in [6.45, 7) is 16.8. The molecule has 0 heterocycles. The first-order valence-corrected chi connectivity index (χ1v) is 10.8. The molecule has 4 heteroatoms. The Kier molecular flexibility index (Phi) is 9.65. The molecule has 0 saturated heterocycles. The Hall–Kier alpha value is -2.56. The predicted octanol–water partition coefficient (Wildman–Crippen LogP) is 4.82. The number of allylic oxidation sites excluding steroid dienone is 1. The van der Waals surface area contributed by atoms with Crippen LogP contribution >= 0.6 is 0 Å². The van der Waals surface area contributed by atoms with Gasteiger partial charge in [-0.1, -0.05) is 66.2 Å². The van der Waals surface area contributed by atoms with Crippen LogP contribution in [0.3, 0.4) is 0 Å². The number of benzene rings is 2. The Morgan fingerprint density at radius 1 is 1.00 bits per heavy atom. The molecule has 30 heavy (non-hydrogen) atoms. The summed E-state index contributed by atoms with van der Waals surface area (Å²) >= 11 is 0. The number of hydrogen-bond acceptors (Lipinski definition) is 4. The van der Waals surface area contributed by atoms with Gasteiger partial charge >= 0.3 is 0 Å².